The van der Waals surface area contributed by atoms with Gasteiger partial charge in [-0.1, -0.05) is 0 Å². The molecular weight excluding hydrogens is 231 g/mol. The van der Waals surface area contributed by atoms with E-state index in [1.54, 1.807) is 0 Å². The summed E-state index contributed by atoms with van der Waals surface area (Å²) in [5.74, 6) is 1.44. The second kappa shape index (κ2) is 4.06. The van der Waals surface area contributed by atoms with Crippen LogP contribution in [0.3, 0.4) is 0 Å². The fourth-order valence-electron chi connectivity index (χ4n) is 1.13. The van der Waals surface area contributed by atoms with Crippen LogP contribution in [0.25, 0.3) is 0 Å². The van der Waals surface area contributed by atoms with Crippen molar-refractivity contribution in [2.24, 2.45) is 0 Å². The molecule has 6 heteroatoms. The Hall–Kier alpha value is -0.510. The lowest BCUT2D eigenvalue weighted by Gasteiger charge is -2.28. The summed E-state index contributed by atoms with van der Waals surface area (Å²) in [6.45, 7) is 7.60. The van der Waals surface area contributed by atoms with E-state index in [9.17, 15) is 4.57 Å². The first kappa shape index (κ1) is 13.6. The highest BCUT2D eigenvalue weighted by atomic mass is 31.2. The van der Waals surface area contributed by atoms with E-state index >= 15 is 0 Å². The number of rotatable bonds is 3. The van der Waals surface area contributed by atoms with Gasteiger partial charge in [-0.15, -0.1) is 0 Å². The Morgan fingerprint density at radius 2 is 1.44 bits per heavy atom. The van der Waals surface area contributed by atoms with Crippen LogP contribution < -0.4 is 0 Å². The third-order valence-corrected chi connectivity index (χ3v) is 4.48. The molecule has 1 fully saturated rings. The summed E-state index contributed by atoms with van der Waals surface area (Å²) in [6, 6.07) is 0. The highest BCUT2D eigenvalue weighted by molar-refractivity contribution is 7.57. The molecule has 1 aliphatic rings. The van der Waals surface area contributed by atoms with E-state index in [4.69, 9.17) is 18.5 Å². The molecule has 0 aliphatic carbocycles. The summed E-state index contributed by atoms with van der Waals surface area (Å²) in [4.78, 5) is 0. The van der Waals surface area contributed by atoms with E-state index in [-0.39, 0.29) is 5.95 Å². The molecule has 0 saturated carbocycles. The smallest absolute Gasteiger partial charge is 0.360 e. The van der Waals surface area contributed by atoms with Gasteiger partial charge in [0.1, 0.15) is 17.0 Å². The molecule has 1 rings (SSSR count). The molecule has 0 unspecified atom stereocenters. The van der Waals surface area contributed by atoms with Crippen molar-refractivity contribution in [1.82, 2.24) is 0 Å². The molecule has 5 nitrogen and oxygen atoms in total. The highest BCUT2D eigenvalue weighted by Gasteiger charge is 2.49. The van der Waals surface area contributed by atoms with E-state index in [1.807, 2.05) is 27.7 Å². The van der Waals surface area contributed by atoms with Crippen molar-refractivity contribution in [1.29, 1.82) is 0 Å². The van der Waals surface area contributed by atoms with Crippen LogP contribution in [0.4, 0.5) is 0 Å². The summed E-state index contributed by atoms with van der Waals surface area (Å²) < 4.78 is 32.6. The zero-order valence-electron chi connectivity index (χ0n) is 10.6. The molecule has 0 aromatic rings. The molecule has 0 aromatic heterocycles. The van der Waals surface area contributed by atoms with E-state index in [0.29, 0.717) is 0 Å². The third-order valence-electron chi connectivity index (χ3n) is 2.93. The van der Waals surface area contributed by atoms with Gasteiger partial charge in [0.2, 0.25) is 0 Å². The maximum atomic E-state index is 11.8. The fourth-order valence-corrected chi connectivity index (χ4v) is 1.85. The Labute approximate surface area is 96.2 Å². The molecule has 0 spiro atoms. The Balaban J connectivity index is 2.96. The molecule has 0 aromatic carbocycles. The second-order valence-electron chi connectivity index (χ2n) is 4.58. The van der Waals surface area contributed by atoms with Crippen molar-refractivity contribution < 1.29 is 23.1 Å². The van der Waals surface area contributed by atoms with Crippen LogP contribution in [0.1, 0.15) is 27.7 Å². The molecule has 1 saturated heterocycles. The molecule has 0 radical (unpaired) electrons. The van der Waals surface area contributed by atoms with Crippen LogP contribution in [0.2, 0.25) is 0 Å². The zero-order chi connectivity index (χ0) is 12.6. The van der Waals surface area contributed by atoms with Gasteiger partial charge in [0.15, 0.2) is 0 Å². The lowest BCUT2D eigenvalue weighted by molar-refractivity contribution is 0.00578. The maximum Gasteiger partial charge on any atom is 0.360 e. The van der Waals surface area contributed by atoms with E-state index in [0.717, 1.165) is 0 Å². The van der Waals surface area contributed by atoms with Gasteiger partial charge >= 0.3 is 7.60 Å². The summed E-state index contributed by atoms with van der Waals surface area (Å²) in [6.07, 6.45) is 0. The van der Waals surface area contributed by atoms with Gasteiger partial charge in [0, 0.05) is 14.2 Å². The maximum absolute atomic E-state index is 11.8. The lowest BCUT2D eigenvalue weighted by atomic mass is 9.90. The average molecular weight is 250 g/mol. The Bertz CT molecular complexity index is 319. The van der Waals surface area contributed by atoms with Crippen molar-refractivity contribution >= 4 is 7.60 Å². The van der Waals surface area contributed by atoms with E-state index < -0.39 is 18.8 Å². The Kier molecular flexibility index (Phi) is 3.44. The highest BCUT2D eigenvalue weighted by Crippen LogP contribution is 2.52. The minimum atomic E-state index is -3.26. The van der Waals surface area contributed by atoms with Gasteiger partial charge in [-0.2, -0.15) is 0 Å². The van der Waals surface area contributed by atoms with E-state index in [2.05, 4.69) is 0 Å². The monoisotopic (exact) mass is 250 g/mol. The van der Waals surface area contributed by atoms with Crippen molar-refractivity contribution in [3.05, 3.63) is 11.8 Å². The normalized spacial score (nSPS) is 22.5. The third kappa shape index (κ3) is 2.42. The van der Waals surface area contributed by atoms with Crippen LogP contribution in [0.5, 0.6) is 0 Å². The van der Waals surface area contributed by atoms with Crippen molar-refractivity contribution in [2.45, 2.75) is 38.9 Å². The molecule has 94 valence electrons. The molecule has 1 aliphatic heterocycles. The number of hydrogen-bond acceptors (Lipinski definition) is 5. The lowest BCUT2D eigenvalue weighted by Crippen LogP contribution is -2.41. The predicted octanol–water partition coefficient (Wildman–Crippen LogP) is 2.88. The van der Waals surface area contributed by atoms with Gasteiger partial charge in [-0.3, -0.25) is 4.57 Å². The first-order chi connectivity index (χ1) is 7.16. The summed E-state index contributed by atoms with van der Waals surface area (Å²) in [7, 11) is -0.631. The van der Waals surface area contributed by atoms with Gasteiger partial charge in [0.05, 0.1) is 0 Å². The minimum absolute atomic E-state index is 0.182. The van der Waals surface area contributed by atoms with Crippen LogP contribution in [-0.4, -0.2) is 25.4 Å². The van der Waals surface area contributed by atoms with Gasteiger partial charge < -0.3 is 18.5 Å². The summed E-state index contributed by atoms with van der Waals surface area (Å²) >= 11 is 0. The Morgan fingerprint density at radius 3 is 1.75 bits per heavy atom. The first-order valence-corrected chi connectivity index (χ1v) is 6.59. The predicted molar refractivity (Wildman–Crippen MR) is 60.0 cm³/mol. The Morgan fingerprint density at radius 1 is 1.06 bits per heavy atom. The van der Waals surface area contributed by atoms with E-state index in [1.165, 1.54) is 20.0 Å². The largest absolute Gasteiger partial charge is 0.455 e. The molecular formula is C10H19O5P. The summed E-state index contributed by atoms with van der Waals surface area (Å²) in [5, 5.41) is 0. The van der Waals surface area contributed by atoms with Crippen molar-refractivity contribution in [2.75, 3.05) is 14.2 Å². The van der Waals surface area contributed by atoms with Gasteiger partial charge in [-0.05, 0) is 27.7 Å². The second-order valence-corrected chi connectivity index (χ2v) is 6.65. The SMILES string of the molecule is COP(=O)(C=C1OC(C)(C)C(C)(C)O1)OC. The molecule has 0 N–H and O–H groups in total. The van der Waals surface area contributed by atoms with Gasteiger partial charge in [-0.25, -0.2) is 0 Å². The topological polar surface area (TPSA) is 54.0 Å². The zero-order valence-corrected chi connectivity index (χ0v) is 11.5. The fraction of sp³-hybridized carbons (Fsp3) is 0.800. The standard InChI is InChI=1S/C10H19O5P/c1-9(2)10(3,4)15-8(14-9)7-16(11,12-5)13-6/h7H,1-6H3. The van der Waals surface area contributed by atoms with Crippen LogP contribution >= 0.6 is 7.60 Å². The molecule has 0 bridgehead atoms. The number of ether oxygens (including phenoxy) is 2. The van der Waals surface area contributed by atoms with Crippen LogP contribution in [0, 0.1) is 0 Å². The molecule has 0 atom stereocenters. The van der Waals surface area contributed by atoms with Crippen molar-refractivity contribution in [3.63, 3.8) is 0 Å². The van der Waals surface area contributed by atoms with Crippen LogP contribution in [0.15, 0.2) is 11.8 Å². The molecule has 0 amide bonds. The quantitative estimate of drug-likeness (QED) is 0.721. The van der Waals surface area contributed by atoms with Crippen LogP contribution in [-0.2, 0) is 23.1 Å². The van der Waals surface area contributed by atoms with Gasteiger partial charge in [0.25, 0.3) is 5.95 Å². The number of hydrogen-bond donors (Lipinski definition) is 0. The first-order valence-electron chi connectivity index (χ1n) is 4.98. The summed E-state index contributed by atoms with van der Waals surface area (Å²) in [5.41, 5.74) is -0.990. The average Bonchev–Trinajstić information content (AvgIpc) is 2.34. The van der Waals surface area contributed by atoms with Crippen molar-refractivity contribution in [3.8, 4) is 0 Å². The molecule has 16 heavy (non-hydrogen) atoms. The minimum Gasteiger partial charge on any atom is -0.455 e. The molecule has 1 heterocycles.